The summed E-state index contributed by atoms with van der Waals surface area (Å²) in [5.41, 5.74) is 7.01. The zero-order valence-electron chi connectivity index (χ0n) is 20.6. The Hall–Kier alpha value is -3.92. The van der Waals surface area contributed by atoms with E-state index in [1.54, 1.807) is 0 Å². The number of rotatable bonds is 4. The molecule has 0 spiro atoms. The van der Waals surface area contributed by atoms with Gasteiger partial charge in [0.2, 0.25) is 5.71 Å². The van der Waals surface area contributed by atoms with Crippen molar-refractivity contribution in [3.05, 3.63) is 96.2 Å². The number of benzene rings is 3. The lowest BCUT2D eigenvalue weighted by Crippen LogP contribution is -2.16. The minimum Gasteiger partial charge on any atom is -0.437 e. The number of nitrogens with zero attached hydrogens (tertiary/aromatic N) is 3. The van der Waals surface area contributed by atoms with Crippen molar-refractivity contribution in [1.29, 1.82) is 0 Å². The van der Waals surface area contributed by atoms with Crippen molar-refractivity contribution in [1.82, 2.24) is 14.5 Å². The second-order valence-electron chi connectivity index (χ2n) is 10.5. The third-order valence-electron chi connectivity index (χ3n) is 7.21. The van der Waals surface area contributed by atoms with Gasteiger partial charge in [0.05, 0.1) is 16.6 Å². The molecule has 0 aliphatic rings. The molecule has 6 rings (SSSR count). The van der Waals surface area contributed by atoms with Crippen LogP contribution in [0.25, 0.3) is 44.5 Å². The van der Waals surface area contributed by atoms with Crippen LogP contribution in [0.15, 0.2) is 89.3 Å². The summed E-state index contributed by atoms with van der Waals surface area (Å²) in [6.07, 6.45) is 0. The Labute approximate surface area is 205 Å². The van der Waals surface area contributed by atoms with E-state index in [2.05, 4.69) is 105 Å². The second kappa shape index (κ2) is 8.09. The molecular weight excluding hydrogens is 430 g/mol. The first-order chi connectivity index (χ1) is 16.9. The van der Waals surface area contributed by atoms with E-state index in [9.17, 15) is 0 Å². The van der Waals surface area contributed by atoms with Gasteiger partial charge in [-0.2, -0.15) is 0 Å². The van der Waals surface area contributed by atoms with Crippen molar-refractivity contribution in [2.45, 2.75) is 40.2 Å². The Bertz CT molecular complexity index is 1670. The van der Waals surface area contributed by atoms with Crippen LogP contribution in [0.3, 0.4) is 0 Å². The minimum absolute atomic E-state index is 0.125. The van der Waals surface area contributed by atoms with Gasteiger partial charge in [-0.3, -0.25) is 0 Å². The molecule has 0 aliphatic carbocycles. The van der Waals surface area contributed by atoms with Crippen molar-refractivity contribution < 1.29 is 4.42 Å². The van der Waals surface area contributed by atoms with E-state index in [-0.39, 0.29) is 5.41 Å². The van der Waals surface area contributed by atoms with Gasteiger partial charge in [0.1, 0.15) is 11.4 Å². The number of aromatic nitrogens is 3. The van der Waals surface area contributed by atoms with Crippen LogP contribution in [-0.4, -0.2) is 14.5 Å². The van der Waals surface area contributed by atoms with Crippen molar-refractivity contribution >= 4 is 33.1 Å². The summed E-state index contributed by atoms with van der Waals surface area (Å²) in [6.45, 7) is 9.71. The molecular formula is C31H29N3O. The third-order valence-corrected chi connectivity index (χ3v) is 7.21. The lowest BCUT2D eigenvalue weighted by atomic mass is 9.80. The molecule has 0 N–H and O–H groups in total. The molecule has 0 bridgehead atoms. The van der Waals surface area contributed by atoms with Gasteiger partial charge in [-0.05, 0) is 41.3 Å². The van der Waals surface area contributed by atoms with Crippen LogP contribution in [0.5, 0.6) is 0 Å². The number of hydrogen-bond acceptors (Lipinski definition) is 3. The summed E-state index contributed by atoms with van der Waals surface area (Å²) in [7, 11) is 0. The van der Waals surface area contributed by atoms with Crippen LogP contribution in [0.2, 0.25) is 0 Å². The minimum atomic E-state index is 0.125. The van der Waals surface area contributed by atoms with Gasteiger partial charge in [-0.25, -0.2) is 9.97 Å². The lowest BCUT2D eigenvalue weighted by Gasteiger charge is -2.26. The van der Waals surface area contributed by atoms with Gasteiger partial charge in [-0.1, -0.05) is 82.3 Å². The number of fused-ring (bicyclic) bond motifs is 4. The van der Waals surface area contributed by atoms with Crippen molar-refractivity contribution in [3.63, 3.8) is 0 Å². The van der Waals surface area contributed by atoms with Crippen LogP contribution in [-0.2, 0) is 6.54 Å². The average molecular weight is 460 g/mol. The summed E-state index contributed by atoms with van der Waals surface area (Å²) in [4.78, 5) is 10.0. The van der Waals surface area contributed by atoms with Crippen molar-refractivity contribution in [2.75, 3.05) is 0 Å². The summed E-state index contributed by atoms with van der Waals surface area (Å²) in [5.74, 6) is 1.22. The number of para-hydroxylation sites is 3. The van der Waals surface area contributed by atoms with E-state index in [4.69, 9.17) is 14.4 Å². The van der Waals surface area contributed by atoms with Gasteiger partial charge in [0, 0.05) is 28.9 Å². The molecule has 174 valence electrons. The molecule has 0 aliphatic heterocycles. The first-order valence-electron chi connectivity index (χ1n) is 12.2. The van der Waals surface area contributed by atoms with E-state index in [1.165, 1.54) is 5.56 Å². The van der Waals surface area contributed by atoms with Crippen LogP contribution in [0, 0.1) is 5.41 Å². The van der Waals surface area contributed by atoms with Gasteiger partial charge in [0.15, 0.2) is 0 Å². The van der Waals surface area contributed by atoms with Crippen molar-refractivity contribution in [2.24, 2.45) is 5.41 Å². The molecule has 0 amide bonds. The Morgan fingerprint density at radius 2 is 1.57 bits per heavy atom. The average Bonchev–Trinajstić information content (AvgIpc) is 3.41. The van der Waals surface area contributed by atoms with Crippen molar-refractivity contribution in [3.8, 4) is 11.4 Å². The third kappa shape index (κ3) is 3.70. The number of hydrogen-bond donors (Lipinski definition) is 0. The molecule has 4 nitrogen and oxygen atoms in total. The van der Waals surface area contributed by atoms with E-state index in [1.807, 2.05) is 12.1 Å². The molecule has 1 atom stereocenters. The standard InChI is InChI=1S/C31H29N3O/c1-20(31(2,3)4)25-18-17-23-22-13-10-14-24(28(22)35-30(23)33-25)29-32-26-15-8-9-16-27(26)34(29)19-21-11-6-5-7-12-21/h5-18,20H,19H2,1-4H3. The highest BCUT2D eigenvalue weighted by Crippen LogP contribution is 2.39. The fourth-order valence-electron chi connectivity index (χ4n) is 4.76. The molecule has 3 heterocycles. The zero-order valence-corrected chi connectivity index (χ0v) is 20.6. The van der Waals surface area contributed by atoms with E-state index < -0.39 is 0 Å². The molecule has 6 aromatic rings. The molecule has 0 saturated carbocycles. The maximum Gasteiger partial charge on any atom is 0.227 e. The smallest absolute Gasteiger partial charge is 0.227 e. The first kappa shape index (κ1) is 21.6. The summed E-state index contributed by atoms with van der Waals surface area (Å²) < 4.78 is 8.76. The predicted molar refractivity (Wildman–Crippen MR) is 144 cm³/mol. The summed E-state index contributed by atoms with van der Waals surface area (Å²) >= 11 is 0. The molecule has 0 fully saturated rings. The van der Waals surface area contributed by atoms with Gasteiger partial charge >= 0.3 is 0 Å². The zero-order chi connectivity index (χ0) is 24.2. The van der Waals surface area contributed by atoms with Gasteiger partial charge in [-0.15, -0.1) is 0 Å². The highest BCUT2D eigenvalue weighted by atomic mass is 16.3. The normalized spacial score (nSPS) is 13.1. The van der Waals surface area contributed by atoms with Crippen LogP contribution in [0.4, 0.5) is 0 Å². The molecule has 4 heteroatoms. The maximum absolute atomic E-state index is 6.48. The molecule has 3 aromatic carbocycles. The Morgan fingerprint density at radius 3 is 2.37 bits per heavy atom. The topological polar surface area (TPSA) is 43.9 Å². The fourth-order valence-corrected chi connectivity index (χ4v) is 4.76. The second-order valence-corrected chi connectivity index (χ2v) is 10.5. The SMILES string of the molecule is CC(c1ccc2c(n1)oc1c(-c3nc4ccccc4n3Cc3ccccc3)cccc12)C(C)(C)C. The maximum atomic E-state index is 6.48. The van der Waals surface area contributed by atoms with E-state index in [0.29, 0.717) is 11.6 Å². The summed E-state index contributed by atoms with van der Waals surface area (Å²) in [5, 5.41) is 2.11. The van der Waals surface area contributed by atoms with Crippen LogP contribution < -0.4 is 0 Å². The Kier molecular flexibility index (Phi) is 4.99. The first-order valence-corrected chi connectivity index (χ1v) is 12.2. The predicted octanol–water partition coefficient (Wildman–Crippen LogP) is 8.20. The number of imidazole rings is 1. The molecule has 0 saturated heterocycles. The Morgan fingerprint density at radius 1 is 0.800 bits per heavy atom. The van der Waals surface area contributed by atoms with Gasteiger partial charge < -0.3 is 8.98 Å². The highest BCUT2D eigenvalue weighted by molar-refractivity contribution is 6.08. The monoisotopic (exact) mass is 459 g/mol. The van der Waals surface area contributed by atoms with Crippen LogP contribution in [0.1, 0.15) is 44.9 Å². The number of furan rings is 1. The van der Waals surface area contributed by atoms with Crippen LogP contribution >= 0.6 is 0 Å². The molecule has 1 unspecified atom stereocenters. The molecule has 35 heavy (non-hydrogen) atoms. The Balaban J connectivity index is 1.56. The fraction of sp³-hybridized carbons (Fsp3) is 0.226. The quantitative estimate of drug-likeness (QED) is 0.267. The molecule has 0 radical (unpaired) electrons. The van der Waals surface area contributed by atoms with Gasteiger partial charge in [0.25, 0.3) is 0 Å². The highest BCUT2D eigenvalue weighted by Gasteiger charge is 2.24. The number of pyridine rings is 1. The summed E-state index contributed by atoms with van der Waals surface area (Å²) in [6, 6.07) is 29.4. The van der Waals surface area contributed by atoms with E-state index >= 15 is 0 Å². The largest absolute Gasteiger partial charge is 0.437 e. The van der Waals surface area contributed by atoms with E-state index in [0.717, 1.165) is 51.0 Å². The molecule has 3 aromatic heterocycles. The lowest BCUT2D eigenvalue weighted by molar-refractivity contribution is 0.334.